The van der Waals surface area contributed by atoms with Gasteiger partial charge in [0.2, 0.25) is 5.91 Å². The molecule has 0 aliphatic carbocycles. The van der Waals surface area contributed by atoms with Gasteiger partial charge in [0.1, 0.15) is 11.9 Å². The van der Waals surface area contributed by atoms with Gasteiger partial charge in [-0.1, -0.05) is 6.92 Å². The third-order valence-corrected chi connectivity index (χ3v) is 3.93. The summed E-state index contributed by atoms with van der Waals surface area (Å²) in [6, 6.07) is 1.88. The second kappa shape index (κ2) is 7.36. The maximum atomic E-state index is 12.4. The molecule has 1 aliphatic rings. The number of aromatic amines is 1. The number of ether oxygens (including phenoxy) is 1. The lowest BCUT2D eigenvalue weighted by atomic mass is 10.2. The molecule has 1 fully saturated rings. The summed E-state index contributed by atoms with van der Waals surface area (Å²) in [6.07, 6.45) is 5.51. The average Bonchev–Trinajstić information content (AvgIpc) is 3.26. The summed E-state index contributed by atoms with van der Waals surface area (Å²) in [7, 11) is 0. The Bertz CT molecular complexity index is 624. The van der Waals surface area contributed by atoms with E-state index in [4.69, 9.17) is 4.74 Å². The highest BCUT2D eigenvalue weighted by atomic mass is 16.5. The number of amides is 1. The quantitative estimate of drug-likeness (QED) is 0.856. The molecule has 8 heteroatoms. The predicted molar refractivity (Wildman–Crippen MR) is 82.5 cm³/mol. The van der Waals surface area contributed by atoms with Crippen molar-refractivity contribution in [1.29, 1.82) is 0 Å². The molecule has 0 unspecified atom stereocenters. The molecule has 8 nitrogen and oxygen atoms in total. The summed E-state index contributed by atoms with van der Waals surface area (Å²) in [6.45, 7) is 4.43. The fraction of sp³-hybridized carbons (Fsp3) is 0.600. The Hall–Kier alpha value is -2.22. The monoisotopic (exact) mass is 318 g/mol. The van der Waals surface area contributed by atoms with Crippen LogP contribution in [0.2, 0.25) is 0 Å². The highest BCUT2D eigenvalue weighted by molar-refractivity contribution is 5.76. The molecule has 0 bridgehead atoms. The topological polar surface area (TPSA) is 88.9 Å². The van der Waals surface area contributed by atoms with Crippen molar-refractivity contribution in [2.24, 2.45) is 0 Å². The maximum absolute atomic E-state index is 12.4. The Morgan fingerprint density at radius 3 is 3.17 bits per heavy atom. The van der Waals surface area contributed by atoms with Gasteiger partial charge in [-0.2, -0.15) is 10.2 Å². The summed E-state index contributed by atoms with van der Waals surface area (Å²) in [5.74, 6) is 1.62. The molecule has 2 aromatic heterocycles. The number of aromatic nitrogens is 5. The SMILES string of the molecule is CCc1nc([C@@H]2CN(C(=O)CCCn3cccn3)CCO2)n[nH]1. The van der Waals surface area contributed by atoms with E-state index < -0.39 is 0 Å². The predicted octanol–water partition coefficient (Wildman–Crippen LogP) is 0.944. The first-order chi connectivity index (χ1) is 11.3. The largest absolute Gasteiger partial charge is 0.366 e. The number of rotatable bonds is 6. The van der Waals surface area contributed by atoms with Gasteiger partial charge in [0.15, 0.2) is 5.82 Å². The van der Waals surface area contributed by atoms with Crippen molar-refractivity contribution in [2.75, 3.05) is 19.7 Å². The maximum Gasteiger partial charge on any atom is 0.222 e. The van der Waals surface area contributed by atoms with Crippen molar-refractivity contribution < 1.29 is 9.53 Å². The Kier molecular flexibility index (Phi) is 5.02. The number of nitrogens with zero attached hydrogens (tertiary/aromatic N) is 5. The summed E-state index contributed by atoms with van der Waals surface area (Å²) < 4.78 is 7.56. The molecule has 0 spiro atoms. The van der Waals surface area contributed by atoms with Crippen LogP contribution in [0.1, 0.15) is 37.5 Å². The van der Waals surface area contributed by atoms with Gasteiger partial charge in [0, 0.05) is 38.3 Å². The van der Waals surface area contributed by atoms with Gasteiger partial charge in [-0.25, -0.2) is 4.98 Å². The van der Waals surface area contributed by atoms with Crippen LogP contribution in [0.5, 0.6) is 0 Å². The zero-order valence-electron chi connectivity index (χ0n) is 13.3. The number of morpholine rings is 1. The molecule has 3 heterocycles. The van der Waals surface area contributed by atoms with E-state index in [1.165, 1.54) is 0 Å². The standard InChI is InChI=1S/C15H22N6O2/c1-2-13-17-15(19-18-13)12-11-20(9-10-23-12)14(22)5-3-7-21-8-4-6-16-21/h4,6,8,12H,2-3,5,7,9-11H2,1H3,(H,17,18,19)/t12-/m0/s1. The summed E-state index contributed by atoms with van der Waals surface area (Å²) in [4.78, 5) is 18.6. The Morgan fingerprint density at radius 2 is 2.43 bits per heavy atom. The molecule has 0 radical (unpaired) electrons. The van der Waals surface area contributed by atoms with Crippen LogP contribution in [0.3, 0.4) is 0 Å². The summed E-state index contributed by atoms with van der Waals surface area (Å²) >= 11 is 0. The lowest BCUT2D eigenvalue weighted by molar-refractivity contribution is -0.139. The number of carbonyl (C=O) groups excluding carboxylic acids is 1. The van der Waals surface area contributed by atoms with Gasteiger partial charge in [-0.3, -0.25) is 14.6 Å². The number of H-pyrrole nitrogens is 1. The number of hydrogen-bond acceptors (Lipinski definition) is 5. The van der Waals surface area contributed by atoms with Crippen LogP contribution < -0.4 is 0 Å². The minimum atomic E-state index is -0.240. The Balaban J connectivity index is 1.50. The van der Waals surface area contributed by atoms with Gasteiger partial charge >= 0.3 is 0 Å². The van der Waals surface area contributed by atoms with Crippen LogP contribution in [0.4, 0.5) is 0 Å². The zero-order chi connectivity index (χ0) is 16.1. The van der Waals surface area contributed by atoms with Crippen LogP contribution >= 0.6 is 0 Å². The third kappa shape index (κ3) is 3.95. The molecule has 3 rings (SSSR count). The Morgan fingerprint density at radius 1 is 1.52 bits per heavy atom. The van der Waals surface area contributed by atoms with Crippen molar-refractivity contribution >= 4 is 5.91 Å². The molecular formula is C15H22N6O2. The molecule has 23 heavy (non-hydrogen) atoms. The van der Waals surface area contributed by atoms with E-state index in [2.05, 4.69) is 20.3 Å². The minimum Gasteiger partial charge on any atom is -0.366 e. The second-order valence-electron chi connectivity index (χ2n) is 5.57. The Labute approximate surface area is 134 Å². The van der Waals surface area contributed by atoms with E-state index in [9.17, 15) is 4.79 Å². The van der Waals surface area contributed by atoms with Crippen molar-refractivity contribution in [2.45, 2.75) is 38.8 Å². The zero-order valence-corrected chi connectivity index (χ0v) is 13.3. The summed E-state index contributed by atoms with van der Waals surface area (Å²) in [5, 5.41) is 11.2. The van der Waals surface area contributed by atoms with Crippen LogP contribution in [-0.2, 0) is 22.5 Å². The minimum absolute atomic E-state index is 0.150. The second-order valence-corrected chi connectivity index (χ2v) is 5.57. The molecular weight excluding hydrogens is 296 g/mol. The molecule has 1 N–H and O–H groups in total. The van der Waals surface area contributed by atoms with Crippen molar-refractivity contribution in [1.82, 2.24) is 29.9 Å². The van der Waals surface area contributed by atoms with Gasteiger partial charge < -0.3 is 9.64 Å². The van der Waals surface area contributed by atoms with Crippen LogP contribution in [-0.4, -0.2) is 55.5 Å². The van der Waals surface area contributed by atoms with E-state index in [0.29, 0.717) is 31.9 Å². The van der Waals surface area contributed by atoms with Gasteiger partial charge in [-0.15, -0.1) is 0 Å². The molecule has 124 valence electrons. The first kappa shape index (κ1) is 15.7. The van der Waals surface area contributed by atoms with E-state index in [0.717, 1.165) is 25.2 Å². The van der Waals surface area contributed by atoms with E-state index in [1.807, 2.05) is 28.8 Å². The number of carbonyl (C=O) groups is 1. The number of nitrogens with one attached hydrogen (secondary N) is 1. The first-order valence-electron chi connectivity index (χ1n) is 8.04. The molecule has 0 saturated carbocycles. The van der Waals surface area contributed by atoms with Crippen LogP contribution in [0, 0.1) is 0 Å². The molecule has 0 aromatic carbocycles. The van der Waals surface area contributed by atoms with E-state index in [-0.39, 0.29) is 12.0 Å². The highest BCUT2D eigenvalue weighted by Gasteiger charge is 2.27. The van der Waals surface area contributed by atoms with Crippen molar-refractivity contribution in [3.05, 3.63) is 30.1 Å². The number of aryl methyl sites for hydroxylation is 2. The van der Waals surface area contributed by atoms with Crippen molar-refractivity contribution in [3.8, 4) is 0 Å². The van der Waals surface area contributed by atoms with Crippen LogP contribution in [0.15, 0.2) is 18.5 Å². The highest BCUT2D eigenvalue weighted by Crippen LogP contribution is 2.20. The first-order valence-corrected chi connectivity index (χ1v) is 8.04. The third-order valence-electron chi connectivity index (χ3n) is 3.93. The fourth-order valence-electron chi connectivity index (χ4n) is 2.63. The van der Waals surface area contributed by atoms with Crippen LogP contribution in [0.25, 0.3) is 0 Å². The average molecular weight is 318 g/mol. The lowest BCUT2D eigenvalue weighted by Gasteiger charge is -2.31. The lowest BCUT2D eigenvalue weighted by Crippen LogP contribution is -2.42. The van der Waals surface area contributed by atoms with E-state index >= 15 is 0 Å². The number of hydrogen-bond donors (Lipinski definition) is 1. The molecule has 1 atom stereocenters. The smallest absolute Gasteiger partial charge is 0.222 e. The summed E-state index contributed by atoms with van der Waals surface area (Å²) in [5.41, 5.74) is 0. The van der Waals surface area contributed by atoms with Gasteiger partial charge in [0.25, 0.3) is 0 Å². The fourth-order valence-corrected chi connectivity index (χ4v) is 2.63. The van der Waals surface area contributed by atoms with Gasteiger partial charge in [0.05, 0.1) is 13.2 Å². The van der Waals surface area contributed by atoms with E-state index in [1.54, 1.807) is 6.20 Å². The molecule has 1 aliphatic heterocycles. The molecule has 2 aromatic rings. The molecule has 1 amide bonds. The van der Waals surface area contributed by atoms with Gasteiger partial charge in [-0.05, 0) is 12.5 Å². The molecule has 1 saturated heterocycles. The van der Waals surface area contributed by atoms with Crippen molar-refractivity contribution in [3.63, 3.8) is 0 Å². The normalized spacial score (nSPS) is 18.3.